The summed E-state index contributed by atoms with van der Waals surface area (Å²) in [6, 6.07) is 7.07. The van der Waals surface area contributed by atoms with Crippen molar-refractivity contribution in [1.82, 2.24) is 25.2 Å². The number of ether oxygens (including phenoxy) is 3. The smallest absolute Gasteiger partial charge is 0.410 e. The summed E-state index contributed by atoms with van der Waals surface area (Å²) in [6.07, 6.45) is 5.62. The molecule has 0 saturated carbocycles. The molecular formula is C32H48N6O6. The third-order valence-corrected chi connectivity index (χ3v) is 8.78. The first-order valence-electron chi connectivity index (χ1n) is 15.9. The van der Waals surface area contributed by atoms with Gasteiger partial charge in [0.25, 0.3) is 0 Å². The van der Waals surface area contributed by atoms with Crippen molar-refractivity contribution in [1.29, 1.82) is 0 Å². The average Bonchev–Trinajstić information content (AvgIpc) is 3.62. The van der Waals surface area contributed by atoms with Crippen LogP contribution in [-0.4, -0.2) is 88.3 Å². The number of hydrogen-bond acceptors (Lipinski definition) is 10. The van der Waals surface area contributed by atoms with Gasteiger partial charge in [0.05, 0.1) is 18.3 Å². The molecule has 0 radical (unpaired) electrons. The third kappa shape index (κ3) is 8.56. The van der Waals surface area contributed by atoms with Crippen LogP contribution in [-0.2, 0) is 30.3 Å². The number of rotatable bonds is 8. The molecule has 2 saturated heterocycles. The second kappa shape index (κ2) is 16.0. The van der Waals surface area contributed by atoms with Crippen LogP contribution in [0.3, 0.4) is 0 Å². The van der Waals surface area contributed by atoms with E-state index in [9.17, 15) is 14.4 Å². The zero-order chi connectivity index (χ0) is 31.6. The van der Waals surface area contributed by atoms with Crippen LogP contribution in [0.5, 0.6) is 0 Å². The number of nitrogens with two attached hydrogens (primary N) is 1. The maximum atomic E-state index is 13.2. The summed E-state index contributed by atoms with van der Waals surface area (Å²) >= 11 is 0. The van der Waals surface area contributed by atoms with Gasteiger partial charge < -0.3 is 25.3 Å². The maximum absolute atomic E-state index is 13.2. The fourth-order valence-electron chi connectivity index (χ4n) is 6.05. The topological polar surface area (TPSA) is 151 Å². The summed E-state index contributed by atoms with van der Waals surface area (Å²) in [5.41, 5.74) is 8.24. The zero-order valence-electron chi connectivity index (χ0n) is 26.4. The Hall–Kier alpha value is -3.51. The predicted octanol–water partition coefficient (Wildman–Crippen LogP) is 3.98. The first kappa shape index (κ1) is 33.4. The molecule has 6 atom stereocenters. The maximum Gasteiger partial charge on any atom is 0.410 e. The number of fused-ring (bicyclic) bond motifs is 1. The highest BCUT2D eigenvalue weighted by Gasteiger charge is 2.49. The van der Waals surface area contributed by atoms with Gasteiger partial charge >= 0.3 is 12.1 Å². The Balaban J connectivity index is 1.42. The molecule has 12 heteroatoms. The number of cyclic esters (lactones) is 1. The molecule has 3 heterocycles. The van der Waals surface area contributed by atoms with Crippen LogP contribution in [0.1, 0.15) is 72.1 Å². The lowest BCUT2D eigenvalue weighted by Crippen LogP contribution is -2.54. The molecule has 2 aliphatic rings. The van der Waals surface area contributed by atoms with Gasteiger partial charge in [-0.1, -0.05) is 24.3 Å². The van der Waals surface area contributed by atoms with E-state index < -0.39 is 30.2 Å². The van der Waals surface area contributed by atoms with Gasteiger partial charge in [0.15, 0.2) is 6.10 Å². The Morgan fingerprint density at radius 3 is 2.64 bits per heavy atom. The number of aryl methyl sites for hydroxylation is 1. The Morgan fingerprint density at radius 1 is 1.09 bits per heavy atom. The number of methoxy groups -OCH3 is 1. The molecule has 0 aliphatic carbocycles. The van der Waals surface area contributed by atoms with Gasteiger partial charge in [0.2, 0.25) is 0 Å². The van der Waals surface area contributed by atoms with Crippen molar-refractivity contribution in [2.45, 2.75) is 109 Å². The summed E-state index contributed by atoms with van der Waals surface area (Å²) in [7, 11) is 1.66. The number of esters is 1. The second-order valence-electron chi connectivity index (χ2n) is 11.9. The van der Waals surface area contributed by atoms with Crippen LogP contribution < -0.4 is 11.1 Å². The summed E-state index contributed by atoms with van der Waals surface area (Å²) in [4.78, 5) is 40.9. The van der Waals surface area contributed by atoms with Gasteiger partial charge in [-0.05, 0) is 77.5 Å². The van der Waals surface area contributed by atoms with Gasteiger partial charge in [-0.2, -0.15) is 0 Å². The van der Waals surface area contributed by atoms with E-state index in [1.54, 1.807) is 23.6 Å². The van der Waals surface area contributed by atoms with Crippen molar-refractivity contribution < 1.29 is 28.6 Å². The minimum Gasteiger partial charge on any atom is -0.458 e. The molecule has 1 aromatic heterocycles. The molecule has 0 unspecified atom stereocenters. The lowest BCUT2D eigenvalue weighted by molar-refractivity contribution is -0.161. The Labute approximate surface area is 260 Å². The number of hydrogen-bond donors (Lipinski definition) is 2. The molecule has 44 heavy (non-hydrogen) atoms. The number of Topliss-reactive ketones (excluding diaryl/α,β-unsaturated/α-hetero) is 1. The number of anilines is 1. The number of carbonyl (C=O) groups is 3. The SMILES string of the molecule is CC[C@H]1OC(=O)[C@H](C)C(=O)CC[C@H](OC)CCCCN[C@H](C)[C@@H]2[C@@H]1OC(=O)N2CCCCn1cc(-c2cccc(N)c2)nn1. The Bertz CT molecular complexity index is 1250. The zero-order valence-corrected chi connectivity index (χ0v) is 26.4. The Morgan fingerprint density at radius 2 is 1.89 bits per heavy atom. The van der Waals surface area contributed by atoms with E-state index in [2.05, 4.69) is 15.6 Å². The Kier molecular flexibility index (Phi) is 12.1. The summed E-state index contributed by atoms with van der Waals surface area (Å²) in [5, 5.41) is 12.1. The normalized spacial score (nSPS) is 27.5. The summed E-state index contributed by atoms with van der Waals surface area (Å²) in [6.45, 7) is 7.41. The molecular weight excluding hydrogens is 564 g/mol. The van der Waals surface area contributed by atoms with Crippen molar-refractivity contribution in [3.05, 3.63) is 30.5 Å². The number of unbranched alkanes of at least 4 members (excludes halogenated alkanes) is 1. The first-order valence-corrected chi connectivity index (χ1v) is 15.9. The molecule has 4 rings (SSSR count). The number of aromatic nitrogens is 3. The fourth-order valence-corrected chi connectivity index (χ4v) is 6.05. The number of carbonyl (C=O) groups excluding carboxylic acids is 3. The van der Waals surface area contributed by atoms with E-state index in [-0.39, 0.29) is 30.4 Å². The number of amides is 1. The number of nitrogens with one attached hydrogen (secondary N) is 1. The van der Waals surface area contributed by atoms with Crippen molar-refractivity contribution >= 4 is 23.5 Å². The monoisotopic (exact) mass is 612 g/mol. The number of nitrogens with zero attached hydrogens (tertiary/aromatic N) is 4. The summed E-state index contributed by atoms with van der Waals surface area (Å²) < 4.78 is 19.2. The van der Waals surface area contributed by atoms with E-state index in [0.717, 1.165) is 49.9 Å². The average molecular weight is 613 g/mol. The van der Waals surface area contributed by atoms with Gasteiger partial charge in [-0.15, -0.1) is 5.10 Å². The molecule has 3 N–H and O–H groups in total. The van der Waals surface area contributed by atoms with Gasteiger partial charge in [-0.25, -0.2) is 4.79 Å². The van der Waals surface area contributed by atoms with Crippen LogP contribution in [0.4, 0.5) is 10.5 Å². The van der Waals surface area contributed by atoms with Crippen molar-refractivity contribution in [2.75, 3.05) is 25.9 Å². The first-order chi connectivity index (χ1) is 21.2. The highest BCUT2D eigenvalue weighted by molar-refractivity contribution is 5.98. The highest BCUT2D eigenvalue weighted by atomic mass is 16.6. The number of nitrogen functional groups attached to an aromatic ring is 1. The number of ketones is 1. The van der Waals surface area contributed by atoms with Gasteiger partial charge in [0, 0.05) is 43.9 Å². The molecule has 2 aromatic rings. The van der Waals surface area contributed by atoms with Crippen LogP contribution in [0.15, 0.2) is 30.5 Å². The van der Waals surface area contributed by atoms with Crippen LogP contribution in [0.25, 0.3) is 11.3 Å². The molecule has 2 aliphatic heterocycles. The van der Waals surface area contributed by atoms with Gasteiger partial charge in [-0.3, -0.25) is 19.2 Å². The standard InChI is InChI=1S/C32H48N6O6/c1-5-28-30-29(22(3)34-16-7-6-13-25(42-4)14-15-27(39)21(2)31(40)43-28)38(32(41)44-30)18-9-8-17-37-20-26(35-36-37)23-11-10-12-24(33)19-23/h10-12,19-22,25,28-30,34H,5-9,13-18,33H2,1-4H3/t21-,22-,25-,28-,29-,30-/m1/s1. The minimum atomic E-state index is -0.895. The van der Waals surface area contributed by atoms with E-state index in [1.807, 2.05) is 44.3 Å². The highest BCUT2D eigenvalue weighted by Crippen LogP contribution is 2.29. The fraction of sp³-hybridized carbons (Fsp3) is 0.656. The molecule has 0 bridgehead atoms. The summed E-state index contributed by atoms with van der Waals surface area (Å²) in [5.74, 6) is -1.64. The van der Waals surface area contributed by atoms with Crippen LogP contribution >= 0.6 is 0 Å². The lowest BCUT2D eigenvalue weighted by atomic mass is 9.95. The van der Waals surface area contributed by atoms with Crippen LogP contribution in [0, 0.1) is 5.92 Å². The molecule has 242 valence electrons. The second-order valence-corrected chi connectivity index (χ2v) is 11.9. The molecule has 1 amide bonds. The third-order valence-electron chi connectivity index (χ3n) is 8.78. The molecule has 12 nitrogen and oxygen atoms in total. The quantitative estimate of drug-likeness (QED) is 0.194. The van der Waals surface area contributed by atoms with Gasteiger partial charge in [0.1, 0.15) is 23.5 Å². The van der Waals surface area contributed by atoms with E-state index in [0.29, 0.717) is 31.6 Å². The molecule has 0 spiro atoms. The van der Waals surface area contributed by atoms with Crippen molar-refractivity contribution in [2.24, 2.45) is 5.92 Å². The van der Waals surface area contributed by atoms with Crippen molar-refractivity contribution in [3.63, 3.8) is 0 Å². The lowest BCUT2D eigenvalue weighted by Gasteiger charge is -2.33. The molecule has 2 fully saturated rings. The number of benzene rings is 1. The van der Waals surface area contributed by atoms with E-state index in [4.69, 9.17) is 19.9 Å². The predicted molar refractivity (Wildman–Crippen MR) is 166 cm³/mol. The van der Waals surface area contributed by atoms with Crippen molar-refractivity contribution in [3.8, 4) is 11.3 Å². The minimum absolute atomic E-state index is 0.0298. The molecule has 1 aromatic carbocycles. The van der Waals surface area contributed by atoms with Crippen LogP contribution in [0.2, 0.25) is 0 Å². The largest absolute Gasteiger partial charge is 0.458 e. The van der Waals surface area contributed by atoms with E-state index in [1.165, 1.54) is 0 Å². The van der Waals surface area contributed by atoms with E-state index >= 15 is 0 Å².